The van der Waals surface area contributed by atoms with Gasteiger partial charge in [-0.1, -0.05) is 30.3 Å². The molecule has 1 aliphatic heterocycles. The molecule has 1 saturated heterocycles. The van der Waals surface area contributed by atoms with Crippen LogP contribution in [0.2, 0.25) is 0 Å². The number of aliphatic hydroxyl groups excluding tert-OH is 1. The van der Waals surface area contributed by atoms with Crippen molar-refractivity contribution in [2.75, 3.05) is 44.2 Å². The molecule has 2 aromatic heterocycles. The van der Waals surface area contributed by atoms with Gasteiger partial charge in [-0.05, 0) is 12.5 Å². The molecule has 0 spiro atoms. The number of piperazine rings is 1. The van der Waals surface area contributed by atoms with Gasteiger partial charge in [0, 0.05) is 10.9 Å². The fourth-order valence-corrected chi connectivity index (χ4v) is 4.52. The number of nitrogens with zero attached hydrogens (tertiary/aromatic N) is 3. The third-order valence-electron chi connectivity index (χ3n) is 4.85. The molecule has 0 amide bonds. The number of aliphatic hydroxyl groups is 1. The second-order valence-electron chi connectivity index (χ2n) is 6.50. The van der Waals surface area contributed by atoms with Crippen LogP contribution in [0.3, 0.4) is 0 Å². The quantitative estimate of drug-likeness (QED) is 0.742. The first-order valence-electron chi connectivity index (χ1n) is 8.77. The zero-order chi connectivity index (χ0) is 17.2. The summed E-state index contributed by atoms with van der Waals surface area (Å²) in [5.41, 5.74) is 2.44. The van der Waals surface area contributed by atoms with Crippen LogP contribution in [0.1, 0.15) is 5.82 Å². The van der Waals surface area contributed by atoms with Gasteiger partial charge in [-0.3, -0.25) is 0 Å². The Bertz CT molecular complexity index is 856. The number of thiophene rings is 1. The SMILES string of the molecule is Cc1nc(N2CC[NH+](CCO)CC2)c2c(-c3ccccc3)csc2n1. The van der Waals surface area contributed by atoms with Gasteiger partial charge in [-0.25, -0.2) is 9.97 Å². The molecule has 0 atom stereocenters. The summed E-state index contributed by atoms with van der Waals surface area (Å²) in [6.07, 6.45) is 0. The maximum atomic E-state index is 9.16. The van der Waals surface area contributed by atoms with Crippen LogP contribution < -0.4 is 9.80 Å². The van der Waals surface area contributed by atoms with E-state index in [1.807, 2.05) is 13.0 Å². The van der Waals surface area contributed by atoms with Gasteiger partial charge in [-0.2, -0.15) is 0 Å². The van der Waals surface area contributed by atoms with Gasteiger partial charge in [0.25, 0.3) is 0 Å². The molecular weight excluding hydrogens is 332 g/mol. The van der Waals surface area contributed by atoms with Crippen LogP contribution in [0.25, 0.3) is 21.3 Å². The number of hydrogen-bond donors (Lipinski definition) is 2. The minimum atomic E-state index is 0.259. The minimum absolute atomic E-state index is 0.259. The summed E-state index contributed by atoms with van der Waals surface area (Å²) in [4.78, 5) is 14.4. The normalized spacial score (nSPS) is 15.8. The van der Waals surface area contributed by atoms with E-state index in [0.29, 0.717) is 0 Å². The molecule has 0 saturated carbocycles. The maximum Gasteiger partial charge on any atom is 0.142 e. The van der Waals surface area contributed by atoms with E-state index in [2.05, 4.69) is 39.5 Å². The number of benzene rings is 1. The largest absolute Gasteiger partial charge is 0.391 e. The van der Waals surface area contributed by atoms with Crippen molar-refractivity contribution in [2.24, 2.45) is 0 Å². The van der Waals surface area contributed by atoms with Gasteiger partial charge >= 0.3 is 0 Å². The van der Waals surface area contributed by atoms with E-state index in [9.17, 15) is 0 Å². The lowest BCUT2D eigenvalue weighted by molar-refractivity contribution is -0.900. The molecule has 2 N–H and O–H groups in total. The van der Waals surface area contributed by atoms with Crippen molar-refractivity contribution in [2.45, 2.75) is 6.92 Å². The van der Waals surface area contributed by atoms with Crippen molar-refractivity contribution < 1.29 is 10.0 Å². The Morgan fingerprint density at radius 3 is 2.64 bits per heavy atom. The highest BCUT2D eigenvalue weighted by Crippen LogP contribution is 2.38. The Labute approximate surface area is 151 Å². The fraction of sp³-hybridized carbons (Fsp3) is 0.368. The van der Waals surface area contributed by atoms with Crippen LogP contribution in [-0.4, -0.2) is 54.4 Å². The van der Waals surface area contributed by atoms with E-state index in [1.165, 1.54) is 21.4 Å². The third kappa shape index (κ3) is 3.25. The summed E-state index contributed by atoms with van der Waals surface area (Å²) in [5, 5.41) is 12.5. The number of aryl methyl sites for hydroxylation is 1. The molecular formula is C19H23N4OS+. The number of quaternary nitrogens is 1. The van der Waals surface area contributed by atoms with E-state index in [-0.39, 0.29) is 6.61 Å². The van der Waals surface area contributed by atoms with E-state index in [4.69, 9.17) is 10.1 Å². The highest BCUT2D eigenvalue weighted by atomic mass is 32.1. The minimum Gasteiger partial charge on any atom is -0.391 e. The zero-order valence-electron chi connectivity index (χ0n) is 14.4. The Morgan fingerprint density at radius 2 is 1.92 bits per heavy atom. The second-order valence-corrected chi connectivity index (χ2v) is 7.36. The van der Waals surface area contributed by atoms with Crippen molar-refractivity contribution in [3.8, 4) is 11.1 Å². The van der Waals surface area contributed by atoms with Crippen LogP contribution in [0.5, 0.6) is 0 Å². The number of rotatable bonds is 4. The van der Waals surface area contributed by atoms with Gasteiger partial charge in [0.15, 0.2) is 0 Å². The Hall–Kier alpha value is -2.02. The summed E-state index contributed by atoms with van der Waals surface area (Å²) < 4.78 is 0. The Kier molecular flexibility index (Phi) is 4.65. The number of anilines is 1. The number of aromatic nitrogens is 2. The third-order valence-corrected chi connectivity index (χ3v) is 5.72. The molecule has 4 rings (SSSR count). The number of nitrogens with one attached hydrogen (secondary N) is 1. The van der Waals surface area contributed by atoms with Crippen LogP contribution in [0.15, 0.2) is 35.7 Å². The summed E-state index contributed by atoms with van der Waals surface area (Å²) in [6.45, 7) is 7.06. The van der Waals surface area contributed by atoms with Crippen LogP contribution >= 0.6 is 11.3 Å². The molecule has 0 unspecified atom stereocenters. The molecule has 6 heteroatoms. The van der Waals surface area contributed by atoms with Gasteiger partial charge in [0.1, 0.15) is 23.0 Å². The molecule has 1 fully saturated rings. The molecule has 3 heterocycles. The molecule has 130 valence electrons. The molecule has 3 aromatic rings. The van der Waals surface area contributed by atoms with Crippen LogP contribution in [0.4, 0.5) is 5.82 Å². The standard InChI is InChI=1S/C19H22N4OS/c1-14-20-18(23-9-7-22(8-10-23)11-12-24)17-16(13-25-19(17)21-14)15-5-3-2-4-6-15/h2-6,13,24H,7-12H2,1H3/p+1. The zero-order valence-corrected chi connectivity index (χ0v) is 15.2. The fourth-order valence-electron chi connectivity index (χ4n) is 3.53. The predicted octanol–water partition coefficient (Wildman–Crippen LogP) is 1.36. The maximum absolute atomic E-state index is 9.16. The average Bonchev–Trinajstić information content (AvgIpc) is 3.06. The molecule has 25 heavy (non-hydrogen) atoms. The topological polar surface area (TPSA) is 53.7 Å². The van der Waals surface area contributed by atoms with Crippen molar-refractivity contribution in [3.63, 3.8) is 0 Å². The first-order chi connectivity index (χ1) is 12.3. The van der Waals surface area contributed by atoms with E-state index >= 15 is 0 Å². The lowest BCUT2D eigenvalue weighted by Crippen LogP contribution is -3.15. The molecule has 0 bridgehead atoms. The van der Waals surface area contributed by atoms with Crippen LogP contribution in [0, 0.1) is 6.92 Å². The number of hydrogen-bond acceptors (Lipinski definition) is 5. The second kappa shape index (κ2) is 7.07. The van der Waals surface area contributed by atoms with Gasteiger partial charge < -0.3 is 14.9 Å². The van der Waals surface area contributed by atoms with Gasteiger partial charge in [0.05, 0.1) is 38.2 Å². The number of fused-ring (bicyclic) bond motifs is 1. The summed E-state index contributed by atoms with van der Waals surface area (Å²) in [7, 11) is 0. The van der Waals surface area contributed by atoms with Crippen molar-refractivity contribution in [1.29, 1.82) is 0 Å². The lowest BCUT2D eigenvalue weighted by Gasteiger charge is -2.33. The van der Waals surface area contributed by atoms with Crippen LogP contribution in [-0.2, 0) is 0 Å². The molecule has 0 radical (unpaired) electrons. The summed E-state index contributed by atoms with van der Waals surface area (Å²) in [5.74, 6) is 1.89. The summed E-state index contributed by atoms with van der Waals surface area (Å²) in [6, 6.07) is 10.5. The highest BCUT2D eigenvalue weighted by Gasteiger charge is 2.24. The molecule has 1 aromatic carbocycles. The monoisotopic (exact) mass is 355 g/mol. The average molecular weight is 355 g/mol. The molecule has 5 nitrogen and oxygen atoms in total. The molecule has 0 aliphatic carbocycles. The van der Waals surface area contributed by atoms with Gasteiger partial charge in [-0.15, -0.1) is 11.3 Å². The molecule has 1 aliphatic rings. The first kappa shape index (κ1) is 16.4. The van der Waals surface area contributed by atoms with Gasteiger partial charge in [0.2, 0.25) is 0 Å². The van der Waals surface area contributed by atoms with E-state index in [0.717, 1.165) is 49.2 Å². The lowest BCUT2D eigenvalue weighted by atomic mass is 10.1. The highest BCUT2D eigenvalue weighted by molar-refractivity contribution is 7.17. The predicted molar refractivity (Wildman–Crippen MR) is 102 cm³/mol. The van der Waals surface area contributed by atoms with Crippen molar-refractivity contribution in [3.05, 3.63) is 41.5 Å². The van der Waals surface area contributed by atoms with Crippen molar-refractivity contribution in [1.82, 2.24) is 9.97 Å². The van der Waals surface area contributed by atoms with Crippen molar-refractivity contribution >= 4 is 27.4 Å². The smallest absolute Gasteiger partial charge is 0.142 e. The summed E-state index contributed by atoms with van der Waals surface area (Å²) >= 11 is 1.69. The Morgan fingerprint density at radius 1 is 1.16 bits per heavy atom. The van der Waals surface area contributed by atoms with E-state index in [1.54, 1.807) is 11.3 Å². The van der Waals surface area contributed by atoms with E-state index < -0.39 is 0 Å². The Balaban J connectivity index is 1.74. The first-order valence-corrected chi connectivity index (χ1v) is 9.65.